The molecule has 0 aromatic carbocycles. The summed E-state index contributed by atoms with van der Waals surface area (Å²) >= 11 is 9.50. The molecule has 1 aliphatic heterocycles. The first-order chi connectivity index (χ1) is 8.62. The average Bonchev–Trinajstić information content (AvgIpc) is 2.42. The predicted molar refractivity (Wildman–Crippen MR) is 79.2 cm³/mol. The first-order valence-corrected chi connectivity index (χ1v) is 7.70. The highest BCUT2D eigenvalue weighted by molar-refractivity contribution is 9.10. The van der Waals surface area contributed by atoms with Crippen molar-refractivity contribution in [1.29, 1.82) is 0 Å². The van der Waals surface area contributed by atoms with Gasteiger partial charge in [0.25, 0.3) is 0 Å². The van der Waals surface area contributed by atoms with Crippen molar-refractivity contribution >= 4 is 33.3 Å². The SMILES string of the molecule is CCC1(CC)CCN(c2ncnc(Cl)c2Br)CC1. The van der Waals surface area contributed by atoms with Gasteiger partial charge in [0.05, 0.1) is 4.47 Å². The number of nitrogens with zero attached hydrogens (tertiary/aromatic N) is 3. The van der Waals surface area contributed by atoms with E-state index in [0.717, 1.165) is 23.4 Å². The second-order valence-corrected chi connectivity index (χ2v) is 6.15. The van der Waals surface area contributed by atoms with Gasteiger partial charge in [-0.15, -0.1) is 0 Å². The number of piperidine rings is 1. The van der Waals surface area contributed by atoms with Gasteiger partial charge >= 0.3 is 0 Å². The Kier molecular flexibility index (Phi) is 4.49. The Morgan fingerprint density at radius 3 is 2.44 bits per heavy atom. The highest BCUT2D eigenvalue weighted by atomic mass is 79.9. The molecule has 0 saturated carbocycles. The van der Waals surface area contributed by atoms with Crippen LogP contribution in [-0.2, 0) is 0 Å². The summed E-state index contributed by atoms with van der Waals surface area (Å²) in [5.74, 6) is 0.927. The third kappa shape index (κ3) is 2.64. The summed E-state index contributed by atoms with van der Waals surface area (Å²) in [5.41, 5.74) is 0.528. The second kappa shape index (κ2) is 5.74. The number of rotatable bonds is 3. The van der Waals surface area contributed by atoms with Crippen LogP contribution in [0.15, 0.2) is 10.8 Å². The predicted octanol–water partition coefficient (Wildman–Crippen LogP) is 4.30. The molecule has 1 saturated heterocycles. The van der Waals surface area contributed by atoms with Crippen LogP contribution in [0.25, 0.3) is 0 Å². The fraction of sp³-hybridized carbons (Fsp3) is 0.692. The van der Waals surface area contributed by atoms with E-state index in [4.69, 9.17) is 11.6 Å². The molecule has 1 aliphatic rings. The van der Waals surface area contributed by atoms with Crippen molar-refractivity contribution < 1.29 is 0 Å². The molecule has 2 rings (SSSR count). The molecule has 0 amide bonds. The zero-order valence-electron chi connectivity index (χ0n) is 10.9. The molecular formula is C13H19BrClN3. The standard InChI is InChI=1S/C13H19BrClN3/c1-3-13(4-2)5-7-18(8-6-13)12-10(14)11(15)16-9-17-12/h9H,3-8H2,1-2H3. The van der Waals surface area contributed by atoms with Crippen molar-refractivity contribution in [3.8, 4) is 0 Å². The number of hydrogen-bond donors (Lipinski definition) is 0. The van der Waals surface area contributed by atoms with Gasteiger partial charge in [0.1, 0.15) is 17.3 Å². The van der Waals surface area contributed by atoms with E-state index in [-0.39, 0.29) is 0 Å². The molecule has 0 N–H and O–H groups in total. The van der Waals surface area contributed by atoms with E-state index in [1.807, 2.05) is 0 Å². The smallest absolute Gasteiger partial charge is 0.148 e. The van der Waals surface area contributed by atoms with Crippen LogP contribution in [0.5, 0.6) is 0 Å². The minimum atomic E-state index is 0.489. The zero-order valence-corrected chi connectivity index (χ0v) is 13.3. The van der Waals surface area contributed by atoms with Crippen molar-refractivity contribution in [2.75, 3.05) is 18.0 Å². The molecule has 1 aromatic heterocycles. The number of aromatic nitrogens is 2. The van der Waals surface area contributed by atoms with Crippen LogP contribution >= 0.6 is 27.5 Å². The lowest BCUT2D eigenvalue weighted by molar-refractivity contribution is 0.199. The number of hydrogen-bond acceptors (Lipinski definition) is 3. The first-order valence-electron chi connectivity index (χ1n) is 6.53. The van der Waals surface area contributed by atoms with Crippen molar-refractivity contribution in [1.82, 2.24) is 9.97 Å². The Morgan fingerprint density at radius 1 is 1.28 bits per heavy atom. The third-order valence-corrected chi connectivity index (χ3v) is 5.60. The highest BCUT2D eigenvalue weighted by Crippen LogP contribution is 2.40. The summed E-state index contributed by atoms with van der Waals surface area (Å²) in [4.78, 5) is 10.6. The fourth-order valence-corrected chi connectivity index (χ4v) is 3.29. The molecule has 18 heavy (non-hydrogen) atoms. The van der Waals surface area contributed by atoms with Crippen LogP contribution in [0.3, 0.4) is 0 Å². The van der Waals surface area contributed by atoms with Gasteiger partial charge in [0.2, 0.25) is 0 Å². The minimum Gasteiger partial charge on any atom is -0.355 e. The van der Waals surface area contributed by atoms with Gasteiger partial charge in [0, 0.05) is 13.1 Å². The lowest BCUT2D eigenvalue weighted by Crippen LogP contribution is -2.40. The Bertz CT molecular complexity index is 411. The van der Waals surface area contributed by atoms with Crippen LogP contribution in [0.1, 0.15) is 39.5 Å². The largest absolute Gasteiger partial charge is 0.355 e. The van der Waals surface area contributed by atoms with Gasteiger partial charge in [-0.1, -0.05) is 38.3 Å². The maximum Gasteiger partial charge on any atom is 0.148 e. The summed E-state index contributed by atoms with van der Waals surface area (Å²) in [6, 6.07) is 0. The summed E-state index contributed by atoms with van der Waals surface area (Å²) in [6.45, 7) is 6.70. The van der Waals surface area contributed by atoms with Gasteiger partial charge in [-0.25, -0.2) is 9.97 Å². The summed E-state index contributed by atoms with van der Waals surface area (Å²) in [6.07, 6.45) is 6.53. The molecule has 0 atom stereocenters. The average molecular weight is 333 g/mol. The Balaban J connectivity index is 2.12. The maximum absolute atomic E-state index is 6.02. The maximum atomic E-state index is 6.02. The molecule has 2 heterocycles. The van der Waals surface area contributed by atoms with Gasteiger partial charge < -0.3 is 4.90 Å². The molecule has 0 spiro atoms. The topological polar surface area (TPSA) is 29.0 Å². The van der Waals surface area contributed by atoms with Crippen molar-refractivity contribution in [3.63, 3.8) is 0 Å². The minimum absolute atomic E-state index is 0.489. The van der Waals surface area contributed by atoms with Gasteiger partial charge in [0.15, 0.2) is 0 Å². The van der Waals surface area contributed by atoms with Crippen molar-refractivity contribution in [2.24, 2.45) is 5.41 Å². The highest BCUT2D eigenvalue weighted by Gasteiger charge is 2.32. The zero-order chi connectivity index (χ0) is 13.2. The quantitative estimate of drug-likeness (QED) is 0.773. The second-order valence-electron chi connectivity index (χ2n) is 5.00. The van der Waals surface area contributed by atoms with Gasteiger partial charge in [-0.2, -0.15) is 0 Å². The van der Waals surface area contributed by atoms with Gasteiger partial charge in [-0.05, 0) is 34.2 Å². The summed E-state index contributed by atoms with van der Waals surface area (Å²) < 4.78 is 0.812. The molecule has 100 valence electrons. The van der Waals surface area contributed by atoms with E-state index in [1.165, 1.54) is 32.0 Å². The summed E-state index contributed by atoms with van der Waals surface area (Å²) in [7, 11) is 0. The van der Waals surface area contributed by atoms with E-state index in [2.05, 4.69) is 44.6 Å². The molecule has 3 nitrogen and oxygen atoms in total. The van der Waals surface area contributed by atoms with Crippen LogP contribution in [0, 0.1) is 5.41 Å². The lowest BCUT2D eigenvalue weighted by Gasteiger charge is -2.41. The third-order valence-electron chi connectivity index (χ3n) is 4.35. The Labute approximate surface area is 122 Å². The molecule has 1 fully saturated rings. The number of halogens is 2. The van der Waals surface area contributed by atoms with E-state index >= 15 is 0 Å². The van der Waals surface area contributed by atoms with E-state index in [0.29, 0.717) is 10.6 Å². The molecule has 0 bridgehead atoms. The van der Waals surface area contributed by atoms with Crippen LogP contribution in [-0.4, -0.2) is 23.1 Å². The molecule has 1 aromatic rings. The monoisotopic (exact) mass is 331 g/mol. The molecule has 0 unspecified atom stereocenters. The van der Waals surface area contributed by atoms with Gasteiger partial charge in [-0.3, -0.25) is 0 Å². The van der Waals surface area contributed by atoms with Crippen LogP contribution in [0.4, 0.5) is 5.82 Å². The summed E-state index contributed by atoms with van der Waals surface area (Å²) in [5, 5.41) is 0.489. The van der Waals surface area contributed by atoms with Crippen LogP contribution < -0.4 is 4.90 Å². The van der Waals surface area contributed by atoms with Crippen LogP contribution in [0.2, 0.25) is 5.15 Å². The Morgan fingerprint density at radius 2 is 1.89 bits per heavy atom. The van der Waals surface area contributed by atoms with Crippen molar-refractivity contribution in [2.45, 2.75) is 39.5 Å². The molecule has 5 heteroatoms. The van der Waals surface area contributed by atoms with Crippen molar-refractivity contribution in [3.05, 3.63) is 16.0 Å². The Hall–Kier alpha value is -0.350. The van der Waals surface area contributed by atoms with E-state index in [9.17, 15) is 0 Å². The first kappa shape index (κ1) is 14.1. The molecule has 0 aliphatic carbocycles. The van der Waals surface area contributed by atoms with E-state index < -0.39 is 0 Å². The normalized spacial score (nSPS) is 19.0. The van der Waals surface area contributed by atoms with E-state index in [1.54, 1.807) is 0 Å². The fourth-order valence-electron chi connectivity index (χ4n) is 2.71. The molecular weight excluding hydrogens is 314 g/mol. The molecule has 0 radical (unpaired) electrons. The number of anilines is 1. The lowest BCUT2D eigenvalue weighted by atomic mass is 9.74.